The number of unbranched alkanes of at least 4 members (excludes halogenated alkanes) is 1. The number of benzene rings is 1. The van der Waals surface area contributed by atoms with Crippen LogP contribution in [0.4, 0.5) is 0 Å². The fourth-order valence-corrected chi connectivity index (χ4v) is 4.49. The van der Waals surface area contributed by atoms with Crippen LogP contribution in [0.1, 0.15) is 75.0 Å². The average Bonchev–Trinajstić information content (AvgIpc) is 2.97. The summed E-state index contributed by atoms with van der Waals surface area (Å²) in [7, 11) is 1.40. The molecule has 5 heteroatoms. The molecular formula is C23H33ClO4. The van der Waals surface area contributed by atoms with Gasteiger partial charge < -0.3 is 14.9 Å². The highest BCUT2D eigenvalue weighted by molar-refractivity contribution is 6.21. The number of carbonyl (C=O) groups is 1. The van der Waals surface area contributed by atoms with Crippen LogP contribution < -0.4 is 0 Å². The summed E-state index contributed by atoms with van der Waals surface area (Å²) in [4.78, 5) is 11.1. The SMILES string of the molecule is CCCC(O)c1ccc([C@@H]2[C@@H](CC=CCCCC(=O)OC)[C@H](Cl)C[C@H]2O)cc1. The summed E-state index contributed by atoms with van der Waals surface area (Å²) < 4.78 is 4.64. The molecule has 0 heterocycles. The Hall–Kier alpha value is -1.36. The monoisotopic (exact) mass is 408 g/mol. The van der Waals surface area contributed by atoms with Crippen LogP contribution in [0.15, 0.2) is 36.4 Å². The lowest BCUT2D eigenvalue weighted by Gasteiger charge is -2.23. The number of aliphatic hydroxyl groups is 2. The van der Waals surface area contributed by atoms with Crippen LogP contribution in [0.3, 0.4) is 0 Å². The van der Waals surface area contributed by atoms with Crippen molar-refractivity contribution in [3.8, 4) is 0 Å². The molecule has 0 amide bonds. The van der Waals surface area contributed by atoms with E-state index in [2.05, 4.69) is 23.8 Å². The summed E-state index contributed by atoms with van der Waals surface area (Å²) in [6.45, 7) is 2.06. The molecule has 28 heavy (non-hydrogen) atoms. The van der Waals surface area contributed by atoms with Gasteiger partial charge in [-0.1, -0.05) is 49.8 Å². The van der Waals surface area contributed by atoms with Crippen molar-refractivity contribution in [1.82, 2.24) is 0 Å². The van der Waals surface area contributed by atoms with Crippen molar-refractivity contribution < 1.29 is 19.7 Å². The standard InChI is InChI=1S/C23H33ClO4/c1-3-8-20(25)16-11-13-17(14-12-16)23-18(19(24)15-21(23)26)9-6-4-5-7-10-22(27)28-2/h4,6,11-14,18-21,23,25-26H,3,5,7-10,15H2,1-2H3/t18-,19+,20?,21+,23+/m0/s1. The lowest BCUT2D eigenvalue weighted by molar-refractivity contribution is -0.140. The van der Waals surface area contributed by atoms with Crippen LogP contribution in [-0.4, -0.2) is 34.8 Å². The molecule has 1 aliphatic carbocycles. The molecule has 1 aliphatic rings. The Morgan fingerprint density at radius 3 is 2.68 bits per heavy atom. The van der Waals surface area contributed by atoms with Crippen molar-refractivity contribution in [3.63, 3.8) is 0 Å². The largest absolute Gasteiger partial charge is 0.469 e. The van der Waals surface area contributed by atoms with Gasteiger partial charge >= 0.3 is 5.97 Å². The topological polar surface area (TPSA) is 66.8 Å². The number of methoxy groups -OCH3 is 1. The summed E-state index contributed by atoms with van der Waals surface area (Å²) in [6, 6.07) is 7.96. The maximum atomic E-state index is 11.1. The molecular weight excluding hydrogens is 376 g/mol. The smallest absolute Gasteiger partial charge is 0.305 e. The molecule has 1 aromatic rings. The van der Waals surface area contributed by atoms with E-state index in [-0.39, 0.29) is 23.2 Å². The summed E-state index contributed by atoms with van der Waals surface area (Å²) in [5, 5.41) is 20.7. The minimum Gasteiger partial charge on any atom is -0.469 e. The molecule has 1 unspecified atom stereocenters. The van der Waals surface area contributed by atoms with Gasteiger partial charge in [0.25, 0.3) is 0 Å². The van der Waals surface area contributed by atoms with E-state index >= 15 is 0 Å². The van der Waals surface area contributed by atoms with Crippen molar-refractivity contribution in [3.05, 3.63) is 47.5 Å². The van der Waals surface area contributed by atoms with Crippen LogP contribution in [0.2, 0.25) is 0 Å². The molecule has 2 N–H and O–H groups in total. The van der Waals surface area contributed by atoms with E-state index in [1.54, 1.807) is 0 Å². The van der Waals surface area contributed by atoms with Crippen molar-refractivity contribution in [2.24, 2.45) is 5.92 Å². The normalized spacial score (nSPS) is 25.9. The molecule has 0 bridgehead atoms. The first kappa shape index (κ1) is 22.9. The fraction of sp³-hybridized carbons (Fsp3) is 0.609. The van der Waals surface area contributed by atoms with Crippen LogP contribution in [-0.2, 0) is 9.53 Å². The first-order chi connectivity index (χ1) is 13.5. The van der Waals surface area contributed by atoms with Crippen molar-refractivity contribution in [2.45, 2.75) is 75.4 Å². The molecule has 0 spiro atoms. The van der Waals surface area contributed by atoms with Gasteiger partial charge in [0, 0.05) is 17.7 Å². The molecule has 1 aromatic carbocycles. The molecule has 1 fully saturated rings. The fourth-order valence-electron chi connectivity index (χ4n) is 4.04. The van der Waals surface area contributed by atoms with Gasteiger partial charge in [-0.05, 0) is 49.1 Å². The molecule has 4 nitrogen and oxygen atoms in total. The average molecular weight is 409 g/mol. The van der Waals surface area contributed by atoms with Crippen molar-refractivity contribution in [2.75, 3.05) is 7.11 Å². The number of rotatable bonds is 10. The highest BCUT2D eigenvalue weighted by Gasteiger charge is 2.41. The number of aliphatic hydroxyl groups excluding tert-OH is 2. The van der Waals surface area contributed by atoms with Gasteiger partial charge in [0.1, 0.15) is 0 Å². The number of alkyl halides is 1. The quantitative estimate of drug-likeness (QED) is 0.250. The number of allylic oxidation sites excluding steroid dienone is 2. The molecule has 5 atom stereocenters. The van der Waals surface area contributed by atoms with Gasteiger partial charge in [0.15, 0.2) is 0 Å². The number of hydrogen-bond acceptors (Lipinski definition) is 4. The summed E-state index contributed by atoms with van der Waals surface area (Å²) >= 11 is 6.55. The summed E-state index contributed by atoms with van der Waals surface area (Å²) in [6.07, 6.45) is 8.41. The van der Waals surface area contributed by atoms with Gasteiger partial charge in [-0.3, -0.25) is 4.79 Å². The van der Waals surface area contributed by atoms with E-state index in [0.717, 1.165) is 43.2 Å². The zero-order valence-corrected chi connectivity index (χ0v) is 17.6. The van der Waals surface area contributed by atoms with Crippen LogP contribution in [0, 0.1) is 5.92 Å². The van der Waals surface area contributed by atoms with E-state index in [9.17, 15) is 15.0 Å². The molecule has 0 aromatic heterocycles. The maximum Gasteiger partial charge on any atom is 0.305 e. The minimum absolute atomic E-state index is 0.000382. The number of ether oxygens (including phenoxy) is 1. The van der Waals surface area contributed by atoms with E-state index in [1.165, 1.54) is 7.11 Å². The predicted octanol–water partition coefficient (Wildman–Crippen LogP) is 4.88. The highest BCUT2D eigenvalue weighted by Crippen LogP contribution is 2.44. The number of esters is 1. The lowest BCUT2D eigenvalue weighted by Crippen LogP contribution is -2.18. The third-order valence-electron chi connectivity index (χ3n) is 5.63. The Morgan fingerprint density at radius 1 is 1.32 bits per heavy atom. The van der Waals surface area contributed by atoms with Crippen LogP contribution in [0.5, 0.6) is 0 Å². The number of halogens is 1. The Labute approximate surface area is 173 Å². The summed E-state index contributed by atoms with van der Waals surface area (Å²) in [5.41, 5.74) is 2.00. The van der Waals surface area contributed by atoms with Gasteiger partial charge in [0.05, 0.1) is 19.3 Å². The van der Waals surface area contributed by atoms with Gasteiger partial charge in [-0.2, -0.15) is 0 Å². The van der Waals surface area contributed by atoms with E-state index in [0.29, 0.717) is 12.8 Å². The highest BCUT2D eigenvalue weighted by atomic mass is 35.5. The second kappa shape index (κ2) is 11.6. The zero-order valence-electron chi connectivity index (χ0n) is 16.9. The van der Waals surface area contributed by atoms with Crippen LogP contribution >= 0.6 is 11.6 Å². The Kier molecular flexibility index (Phi) is 9.49. The number of carbonyl (C=O) groups excluding carboxylic acids is 1. The van der Waals surface area contributed by atoms with E-state index in [4.69, 9.17) is 11.6 Å². The summed E-state index contributed by atoms with van der Waals surface area (Å²) in [5.74, 6) is -0.0137. The Bertz CT molecular complexity index is 628. The number of hydrogen-bond donors (Lipinski definition) is 2. The Balaban J connectivity index is 1.96. The van der Waals surface area contributed by atoms with Crippen LogP contribution in [0.25, 0.3) is 0 Å². The second-order valence-corrected chi connectivity index (χ2v) is 8.22. The third kappa shape index (κ3) is 6.33. The van der Waals surface area contributed by atoms with E-state index in [1.807, 2.05) is 24.3 Å². The van der Waals surface area contributed by atoms with Gasteiger partial charge in [-0.15, -0.1) is 11.6 Å². The van der Waals surface area contributed by atoms with Crippen molar-refractivity contribution in [1.29, 1.82) is 0 Å². The second-order valence-electron chi connectivity index (χ2n) is 7.66. The Morgan fingerprint density at radius 2 is 2.04 bits per heavy atom. The van der Waals surface area contributed by atoms with E-state index < -0.39 is 12.2 Å². The molecule has 156 valence electrons. The first-order valence-corrected chi connectivity index (χ1v) is 10.7. The lowest BCUT2D eigenvalue weighted by atomic mass is 9.84. The molecule has 2 rings (SSSR count). The molecule has 0 aliphatic heterocycles. The predicted molar refractivity (Wildman–Crippen MR) is 112 cm³/mol. The third-order valence-corrected chi connectivity index (χ3v) is 6.13. The molecule has 1 saturated carbocycles. The maximum absolute atomic E-state index is 11.1. The van der Waals surface area contributed by atoms with Gasteiger partial charge in [-0.25, -0.2) is 0 Å². The van der Waals surface area contributed by atoms with Crippen molar-refractivity contribution >= 4 is 17.6 Å². The zero-order chi connectivity index (χ0) is 20.5. The van der Waals surface area contributed by atoms with Gasteiger partial charge in [0.2, 0.25) is 0 Å². The molecule has 0 saturated heterocycles. The first-order valence-electron chi connectivity index (χ1n) is 10.3. The molecule has 0 radical (unpaired) electrons. The minimum atomic E-state index is -0.452.